The van der Waals surface area contributed by atoms with Gasteiger partial charge in [-0.1, -0.05) is 0 Å². The average molecular weight is 377 g/mol. The predicted molar refractivity (Wildman–Crippen MR) is 104 cm³/mol. The molecule has 6 heteroatoms. The van der Waals surface area contributed by atoms with Crippen LogP contribution in [0.2, 0.25) is 0 Å². The number of rotatable bonds is 5. The van der Waals surface area contributed by atoms with Crippen molar-refractivity contribution in [3.63, 3.8) is 0 Å². The van der Waals surface area contributed by atoms with Crippen LogP contribution in [-0.4, -0.2) is 52.5 Å². The Labute approximate surface area is 161 Å². The molecule has 5 rings (SSSR count). The Hall–Kier alpha value is -0.560. The minimum Gasteiger partial charge on any atom is -0.381 e. The lowest BCUT2D eigenvalue weighted by atomic mass is 9.60. The minimum absolute atomic E-state index is 0.630. The van der Waals surface area contributed by atoms with E-state index in [1.807, 2.05) is 11.9 Å². The van der Waals surface area contributed by atoms with Crippen LogP contribution in [0, 0.1) is 5.41 Å². The van der Waals surface area contributed by atoms with E-state index in [0.717, 1.165) is 25.2 Å². The Kier molecular flexibility index (Phi) is 4.80. The third kappa shape index (κ3) is 3.71. The molecule has 1 aromatic rings. The number of nitrogens with one attached hydrogen (secondary N) is 1. The summed E-state index contributed by atoms with van der Waals surface area (Å²) in [7, 11) is 2.10. The molecule has 0 bridgehead atoms. The zero-order valence-corrected chi connectivity index (χ0v) is 16.8. The van der Waals surface area contributed by atoms with Crippen LogP contribution in [-0.2, 0) is 11.8 Å². The lowest BCUT2D eigenvalue weighted by molar-refractivity contribution is 0.0110. The number of aryl methyl sites for hydroxylation is 1. The van der Waals surface area contributed by atoms with E-state index in [4.69, 9.17) is 9.84 Å². The van der Waals surface area contributed by atoms with Gasteiger partial charge in [-0.2, -0.15) is 5.10 Å². The molecule has 5 nitrogen and oxygen atoms in total. The number of hydrogen-bond donors (Lipinski definition) is 1. The van der Waals surface area contributed by atoms with Gasteiger partial charge in [0.1, 0.15) is 5.03 Å². The summed E-state index contributed by atoms with van der Waals surface area (Å²) in [5.74, 6) is 0.746. The van der Waals surface area contributed by atoms with Crippen molar-refractivity contribution in [1.82, 2.24) is 19.4 Å². The smallest absolute Gasteiger partial charge is 0.109 e. The first-order valence-corrected chi connectivity index (χ1v) is 11.3. The van der Waals surface area contributed by atoms with Gasteiger partial charge in [-0.05, 0) is 74.8 Å². The number of ether oxygens (including phenoxy) is 1. The fourth-order valence-corrected chi connectivity index (χ4v) is 5.99. The molecule has 2 saturated heterocycles. The van der Waals surface area contributed by atoms with Gasteiger partial charge in [-0.3, -0.25) is 4.68 Å². The van der Waals surface area contributed by atoms with Gasteiger partial charge in [-0.25, -0.2) is 4.31 Å². The molecule has 1 spiro atoms. The third-order valence-electron chi connectivity index (χ3n) is 6.91. The van der Waals surface area contributed by atoms with Crippen molar-refractivity contribution < 1.29 is 4.74 Å². The maximum absolute atomic E-state index is 5.48. The molecule has 1 aromatic heterocycles. The third-order valence-corrected chi connectivity index (χ3v) is 8.10. The molecule has 4 fully saturated rings. The molecular formula is C20H32N4OS. The summed E-state index contributed by atoms with van der Waals surface area (Å²) in [5.41, 5.74) is 1.94. The topological polar surface area (TPSA) is 42.3 Å². The second kappa shape index (κ2) is 7.12. The molecule has 2 saturated carbocycles. The Morgan fingerprint density at radius 1 is 1.12 bits per heavy atom. The van der Waals surface area contributed by atoms with Gasteiger partial charge >= 0.3 is 0 Å². The average Bonchev–Trinajstić information content (AvgIpc) is 3.41. The first-order chi connectivity index (χ1) is 12.7. The van der Waals surface area contributed by atoms with Crippen LogP contribution in [0.5, 0.6) is 0 Å². The zero-order chi connectivity index (χ0) is 17.6. The van der Waals surface area contributed by atoms with Gasteiger partial charge in [-0.15, -0.1) is 0 Å². The highest BCUT2D eigenvalue weighted by Crippen LogP contribution is 2.50. The van der Waals surface area contributed by atoms with E-state index in [-0.39, 0.29) is 0 Å². The van der Waals surface area contributed by atoms with Crippen LogP contribution >= 0.6 is 11.9 Å². The molecule has 2 aliphatic heterocycles. The highest BCUT2D eigenvalue weighted by Gasteiger charge is 2.46. The van der Waals surface area contributed by atoms with Gasteiger partial charge < -0.3 is 10.1 Å². The molecule has 0 unspecified atom stereocenters. The second-order valence-electron chi connectivity index (χ2n) is 8.98. The molecule has 0 radical (unpaired) electrons. The van der Waals surface area contributed by atoms with Crippen molar-refractivity contribution in [2.75, 3.05) is 26.3 Å². The number of piperidine rings is 1. The van der Waals surface area contributed by atoms with Crippen LogP contribution < -0.4 is 5.32 Å². The van der Waals surface area contributed by atoms with Crippen molar-refractivity contribution in [3.8, 4) is 0 Å². The lowest BCUT2D eigenvalue weighted by Gasteiger charge is -2.53. The highest BCUT2D eigenvalue weighted by atomic mass is 32.2. The van der Waals surface area contributed by atoms with Crippen molar-refractivity contribution >= 4 is 11.9 Å². The van der Waals surface area contributed by atoms with Gasteiger partial charge in [0.05, 0.1) is 5.69 Å². The SMILES string of the molecule is Cn1nc(C2CC2)cc1SN1CCC2(CC1)CC(NC1CCOCC1)C2. The van der Waals surface area contributed by atoms with Crippen LogP contribution in [0.25, 0.3) is 0 Å². The number of nitrogens with zero attached hydrogens (tertiary/aromatic N) is 3. The molecule has 144 valence electrons. The maximum atomic E-state index is 5.48. The number of hydrogen-bond acceptors (Lipinski definition) is 5. The molecule has 0 atom stereocenters. The molecule has 1 N–H and O–H groups in total. The fraction of sp³-hybridized carbons (Fsp3) is 0.850. The van der Waals surface area contributed by atoms with E-state index in [2.05, 4.69) is 27.4 Å². The van der Waals surface area contributed by atoms with E-state index in [1.165, 1.54) is 75.2 Å². The first kappa shape index (κ1) is 17.5. The van der Waals surface area contributed by atoms with Crippen LogP contribution in [0.4, 0.5) is 0 Å². The Balaban J connectivity index is 1.08. The zero-order valence-electron chi connectivity index (χ0n) is 16.0. The van der Waals surface area contributed by atoms with Gasteiger partial charge in [0, 0.05) is 51.4 Å². The van der Waals surface area contributed by atoms with Crippen molar-refractivity contribution in [3.05, 3.63) is 11.8 Å². The molecule has 0 aromatic carbocycles. The van der Waals surface area contributed by atoms with Crippen molar-refractivity contribution in [1.29, 1.82) is 0 Å². The molecule has 26 heavy (non-hydrogen) atoms. The fourth-order valence-electron chi connectivity index (χ4n) is 5.03. The summed E-state index contributed by atoms with van der Waals surface area (Å²) in [4.78, 5) is 0. The van der Waals surface area contributed by atoms with Crippen molar-refractivity contribution in [2.24, 2.45) is 12.5 Å². The van der Waals surface area contributed by atoms with E-state index < -0.39 is 0 Å². The highest BCUT2D eigenvalue weighted by molar-refractivity contribution is 7.97. The quantitative estimate of drug-likeness (QED) is 0.799. The Bertz CT molecular complexity index is 622. The minimum atomic E-state index is 0.630. The summed E-state index contributed by atoms with van der Waals surface area (Å²) >= 11 is 1.93. The standard InChI is InChI=1S/C20H32N4OS/c1-23-19(12-18(22-23)15-2-3-15)26-24-8-6-20(7-9-24)13-17(14-20)21-16-4-10-25-11-5-16/h12,15-17,21H,2-11,13-14H2,1H3. The predicted octanol–water partition coefficient (Wildman–Crippen LogP) is 3.32. The van der Waals surface area contributed by atoms with Gasteiger partial charge in [0.2, 0.25) is 0 Å². The maximum Gasteiger partial charge on any atom is 0.109 e. The second-order valence-corrected chi connectivity index (χ2v) is 10.1. The van der Waals surface area contributed by atoms with Gasteiger partial charge in [0.15, 0.2) is 0 Å². The molecule has 0 amide bonds. The Morgan fingerprint density at radius 2 is 1.85 bits per heavy atom. The van der Waals surface area contributed by atoms with E-state index in [1.54, 1.807) is 0 Å². The Morgan fingerprint density at radius 3 is 2.54 bits per heavy atom. The summed E-state index contributed by atoms with van der Waals surface area (Å²) < 4.78 is 10.1. The first-order valence-electron chi connectivity index (χ1n) is 10.5. The van der Waals surface area contributed by atoms with E-state index >= 15 is 0 Å². The molecule has 4 aliphatic rings. The normalized spacial score (nSPS) is 27.7. The van der Waals surface area contributed by atoms with Gasteiger partial charge in [0.25, 0.3) is 0 Å². The lowest BCUT2D eigenvalue weighted by Crippen LogP contribution is -2.55. The molecule has 2 aliphatic carbocycles. The number of aromatic nitrogens is 2. The van der Waals surface area contributed by atoms with Crippen LogP contribution in [0.15, 0.2) is 11.1 Å². The summed E-state index contributed by atoms with van der Waals surface area (Å²) in [6.45, 7) is 4.33. The molecular weight excluding hydrogens is 344 g/mol. The summed E-state index contributed by atoms with van der Waals surface area (Å²) in [6, 6.07) is 3.78. The molecule has 3 heterocycles. The van der Waals surface area contributed by atoms with Crippen molar-refractivity contribution in [2.45, 2.75) is 74.4 Å². The van der Waals surface area contributed by atoms with E-state index in [0.29, 0.717) is 11.5 Å². The van der Waals surface area contributed by atoms with Crippen LogP contribution in [0.3, 0.4) is 0 Å². The summed E-state index contributed by atoms with van der Waals surface area (Å²) in [5, 5.41) is 9.92. The monoisotopic (exact) mass is 376 g/mol. The van der Waals surface area contributed by atoms with Crippen LogP contribution in [0.1, 0.15) is 63.0 Å². The van der Waals surface area contributed by atoms with E-state index in [9.17, 15) is 0 Å². The summed E-state index contributed by atoms with van der Waals surface area (Å²) in [6.07, 6.45) is 10.6. The largest absolute Gasteiger partial charge is 0.381 e.